The third-order valence-electron chi connectivity index (χ3n) is 0.917. The van der Waals surface area contributed by atoms with Gasteiger partial charge in [0.25, 0.3) is 0 Å². The monoisotopic (exact) mass is 224 g/mol. The van der Waals surface area contributed by atoms with Crippen molar-refractivity contribution in [2.45, 2.75) is 19.8 Å². The van der Waals surface area contributed by atoms with Crippen LogP contribution in [0.1, 0.15) is 19.8 Å². The summed E-state index contributed by atoms with van der Waals surface area (Å²) in [5, 5.41) is 0. The van der Waals surface area contributed by atoms with Crippen LogP contribution in [0.2, 0.25) is 0 Å². The van der Waals surface area contributed by atoms with E-state index >= 15 is 0 Å². The van der Waals surface area contributed by atoms with Crippen LogP contribution in [0.4, 0.5) is 0 Å². The molecule has 4 nitrogen and oxygen atoms in total. The predicted octanol–water partition coefficient (Wildman–Crippen LogP) is 0.694. The van der Waals surface area contributed by atoms with Crippen LogP contribution in [-0.2, 0) is 18.2 Å². The number of hydrogen-bond donors (Lipinski definition) is 0. The second kappa shape index (κ2) is 8.80. The van der Waals surface area contributed by atoms with Crippen molar-refractivity contribution >= 4 is 52.0 Å². The van der Waals surface area contributed by atoms with Gasteiger partial charge in [-0.3, -0.25) is 4.18 Å². The van der Waals surface area contributed by atoms with E-state index in [0.717, 1.165) is 32.0 Å². The molecule has 0 atom stereocenters. The molecule has 70 valence electrons. The van der Waals surface area contributed by atoms with Gasteiger partial charge in [-0.25, -0.2) is 0 Å². The van der Waals surface area contributed by atoms with E-state index in [1.807, 2.05) is 6.92 Å². The fourth-order valence-electron chi connectivity index (χ4n) is 0.324. The van der Waals surface area contributed by atoms with Crippen molar-refractivity contribution in [3.8, 4) is 0 Å². The number of rotatable bonds is 6. The average molecular weight is 224 g/mol. The Labute approximate surface area is 100 Å². The van der Waals surface area contributed by atoms with Gasteiger partial charge in [0.15, 0.2) is 0 Å². The summed E-state index contributed by atoms with van der Waals surface area (Å²) in [6, 6.07) is 0. The molecule has 12 heavy (non-hydrogen) atoms. The van der Waals surface area contributed by atoms with Crippen molar-refractivity contribution < 1.29 is 16.2 Å². The van der Waals surface area contributed by atoms with Crippen molar-refractivity contribution in [2.24, 2.45) is 0 Å². The maximum atomic E-state index is 10.5. The van der Waals surface area contributed by atoms with Crippen molar-refractivity contribution in [1.82, 2.24) is 0 Å². The fourth-order valence-corrected chi connectivity index (χ4v) is 1.70. The summed E-state index contributed by atoms with van der Waals surface area (Å²) in [5.74, 6) is 0.666. The Morgan fingerprint density at radius 2 is 2.00 bits per heavy atom. The predicted molar refractivity (Wildman–Crippen MR) is 51.5 cm³/mol. The first-order chi connectivity index (χ1) is 5.12. The zero-order valence-corrected chi connectivity index (χ0v) is 8.20. The number of unbranched alkanes of at least 4 members (excludes halogenated alkanes) is 1. The van der Waals surface area contributed by atoms with Crippen LogP contribution in [0.3, 0.4) is 0 Å². The Balaban J connectivity index is 0. The molecule has 0 aliphatic rings. The summed E-state index contributed by atoms with van der Waals surface area (Å²) >= 11 is 0.896. The van der Waals surface area contributed by atoms with E-state index in [1.54, 1.807) is 0 Å². The second-order valence-electron chi connectivity index (χ2n) is 1.82. The van der Waals surface area contributed by atoms with Gasteiger partial charge in [-0.2, -0.15) is 12.0 Å². The van der Waals surface area contributed by atoms with E-state index in [1.165, 1.54) is 0 Å². The molecule has 0 aromatic heterocycles. The van der Waals surface area contributed by atoms with E-state index in [0.29, 0.717) is 5.75 Å². The van der Waals surface area contributed by atoms with Gasteiger partial charge < -0.3 is 0 Å². The third-order valence-corrected chi connectivity index (χ3v) is 2.83. The van der Waals surface area contributed by atoms with Crippen molar-refractivity contribution in [3.05, 3.63) is 0 Å². The van der Waals surface area contributed by atoms with Gasteiger partial charge in [-0.05, 0) is 6.42 Å². The van der Waals surface area contributed by atoms with Crippen molar-refractivity contribution in [2.75, 3.05) is 12.9 Å². The van der Waals surface area contributed by atoms with Crippen LogP contribution < -0.4 is 0 Å². The van der Waals surface area contributed by atoms with Gasteiger partial charge >= 0.3 is 40.0 Å². The summed E-state index contributed by atoms with van der Waals surface area (Å²) in [7, 11) is -2.67. The molecule has 0 unspecified atom stereocenters. The molecule has 0 heterocycles. The third kappa shape index (κ3) is 9.31. The topological polar surface area (TPSA) is 52.6 Å². The molecule has 0 amide bonds. The van der Waals surface area contributed by atoms with Crippen molar-refractivity contribution in [1.29, 1.82) is 0 Å². The van der Waals surface area contributed by atoms with E-state index in [9.17, 15) is 8.42 Å². The molecule has 0 saturated carbocycles. The van der Waals surface area contributed by atoms with Gasteiger partial charge in [-0.1, -0.05) is 13.3 Å². The second-order valence-corrected chi connectivity index (χ2v) is 4.16. The first-order valence-corrected chi connectivity index (χ1v) is 5.48. The Kier molecular flexibility index (Phi) is 11.5. The van der Waals surface area contributed by atoms with E-state index in [-0.39, 0.29) is 29.6 Å². The molecule has 0 radical (unpaired) electrons. The SMILES string of the molecule is CCCCSOS(=O)(=O)OC.[NaH]. The zero-order valence-electron chi connectivity index (χ0n) is 6.57. The van der Waals surface area contributed by atoms with E-state index < -0.39 is 10.4 Å². The minimum atomic E-state index is -3.74. The number of hydrogen-bond acceptors (Lipinski definition) is 5. The first-order valence-electron chi connectivity index (χ1n) is 3.24. The molecule has 0 rings (SSSR count). The van der Waals surface area contributed by atoms with E-state index in [2.05, 4.69) is 7.81 Å². The summed E-state index contributed by atoms with van der Waals surface area (Å²) < 4.78 is 29.4. The van der Waals surface area contributed by atoms with Crippen LogP contribution in [0.15, 0.2) is 0 Å². The summed E-state index contributed by atoms with van der Waals surface area (Å²) in [6.45, 7) is 2.02. The molecule has 0 saturated heterocycles. The molecule has 0 aliphatic carbocycles. The first kappa shape index (κ1) is 15.7. The van der Waals surface area contributed by atoms with Gasteiger partial charge in [0.2, 0.25) is 0 Å². The minimum absolute atomic E-state index is 0. The Morgan fingerprint density at radius 1 is 1.42 bits per heavy atom. The normalized spacial score (nSPS) is 10.8. The van der Waals surface area contributed by atoms with Crippen LogP contribution in [0, 0.1) is 0 Å². The summed E-state index contributed by atoms with van der Waals surface area (Å²) in [6.07, 6.45) is 1.95. The standard InChI is InChI=1S/C5H12O4S2.Na.H/c1-3-4-5-10-9-11(6,7)8-2;;/h3-5H2,1-2H3;;. The molecule has 0 aromatic carbocycles. The molecule has 0 N–H and O–H groups in total. The van der Waals surface area contributed by atoms with Crippen LogP contribution in [0.25, 0.3) is 0 Å². The van der Waals surface area contributed by atoms with E-state index in [4.69, 9.17) is 0 Å². The Morgan fingerprint density at radius 3 is 2.42 bits per heavy atom. The maximum absolute atomic E-state index is 10.5. The fraction of sp³-hybridized carbons (Fsp3) is 1.00. The summed E-state index contributed by atoms with van der Waals surface area (Å²) in [5.41, 5.74) is 0. The van der Waals surface area contributed by atoms with Crippen LogP contribution in [-0.4, -0.2) is 50.8 Å². The van der Waals surface area contributed by atoms with Crippen LogP contribution in [0.5, 0.6) is 0 Å². The molecule has 0 aromatic rings. The molecular weight excluding hydrogens is 211 g/mol. The average Bonchev–Trinajstić information content (AvgIpc) is 1.99. The Hall–Kier alpha value is 1.22. The van der Waals surface area contributed by atoms with Gasteiger partial charge in [-0.15, -0.1) is 0 Å². The van der Waals surface area contributed by atoms with Gasteiger partial charge in [0.1, 0.15) is 0 Å². The molecule has 0 aliphatic heterocycles. The zero-order chi connectivity index (χ0) is 8.74. The Bertz CT molecular complexity index is 180. The van der Waals surface area contributed by atoms with Gasteiger partial charge in [0.05, 0.1) is 7.11 Å². The molecule has 0 spiro atoms. The molecular formula is C5H13NaO4S2. The summed E-state index contributed by atoms with van der Waals surface area (Å²) in [4.78, 5) is 0. The van der Waals surface area contributed by atoms with Crippen molar-refractivity contribution in [3.63, 3.8) is 0 Å². The molecule has 0 bridgehead atoms. The van der Waals surface area contributed by atoms with Crippen LogP contribution >= 0.6 is 12.0 Å². The molecule has 7 heteroatoms. The quantitative estimate of drug-likeness (QED) is 0.377. The molecule has 0 fully saturated rings. The van der Waals surface area contributed by atoms with Gasteiger partial charge in [0, 0.05) is 17.8 Å².